The van der Waals surface area contributed by atoms with Gasteiger partial charge >= 0.3 is 0 Å². The van der Waals surface area contributed by atoms with Gasteiger partial charge in [-0.2, -0.15) is 5.26 Å². The largest absolute Gasteiger partial charge is 0.336 e. The van der Waals surface area contributed by atoms with Crippen LogP contribution in [0.5, 0.6) is 0 Å². The number of nitriles is 1. The Labute approximate surface area is 98.4 Å². The summed E-state index contributed by atoms with van der Waals surface area (Å²) in [4.78, 5) is 14.2. The zero-order valence-electron chi connectivity index (χ0n) is 10.7. The minimum atomic E-state index is -0.483. The van der Waals surface area contributed by atoms with Gasteiger partial charge in [0, 0.05) is 12.1 Å². The van der Waals surface area contributed by atoms with Gasteiger partial charge < -0.3 is 4.90 Å². The lowest BCUT2D eigenvalue weighted by Gasteiger charge is -2.40. The molecule has 0 bridgehead atoms. The summed E-state index contributed by atoms with van der Waals surface area (Å²) in [5.41, 5.74) is 0. The van der Waals surface area contributed by atoms with Crippen molar-refractivity contribution < 1.29 is 4.79 Å². The van der Waals surface area contributed by atoms with E-state index in [0.717, 1.165) is 12.8 Å². The summed E-state index contributed by atoms with van der Waals surface area (Å²) in [6, 6.07) is 2.71. The quantitative estimate of drug-likeness (QED) is 0.720. The van der Waals surface area contributed by atoms with Gasteiger partial charge in [-0.15, -0.1) is 0 Å². The summed E-state index contributed by atoms with van der Waals surface area (Å²) < 4.78 is 0. The zero-order chi connectivity index (χ0) is 12.3. The Bertz CT molecular complexity index is 283. The van der Waals surface area contributed by atoms with E-state index in [0.29, 0.717) is 0 Å². The fraction of sp³-hybridized carbons (Fsp3) is 0.846. The molecule has 1 fully saturated rings. The van der Waals surface area contributed by atoms with Gasteiger partial charge in [-0.05, 0) is 39.0 Å². The molecule has 1 aliphatic rings. The first-order valence-corrected chi connectivity index (χ1v) is 6.20. The lowest BCUT2D eigenvalue weighted by atomic mass is 9.91. The smallest absolute Gasteiger partial charge is 0.240 e. The predicted molar refractivity (Wildman–Crippen MR) is 63.6 cm³/mol. The summed E-state index contributed by atoms with van der Waals surface area (Å²) in [5, 5.41) is 9.07. The second kappa shape index (κ2) is 5.34. The van der Waals surface area contributed by atoms with Gasteiger partial charge in [-0.3, -0.25) is 4.79 Å². The van der Waals surface area contributed by atoms with E-state index in [-0.39, 0.29) is 23.9 Å². The lowest BCUT2D eigenvalue weighted by Crippen LogP contribution is -2.50. The average molecular weight is 222 g/mol. The lowest BCUT2D eigenvalue weighted by molar-refractivity contribution is -0.141. The van der Waals surface area contributed by atoms with E-state index in [4.69, 9.17) is 5.26 Å². The Morgan fingerprint density at radius 3 is 2.19 bits per heavy atom. The summed E-state index contributed by atoms with van der Waals surface area (Å²) in [6.07, 6.45) is 3.31. The van der Waals surface area contributed by atoms with Crippen molar-refractivity contribution in [2.45, 2.75) is 59.0 Å². The van der Waals surface area contributed by atoms with Gasteiger partial charge in [0.25, 0.3) is 0 Å². The van der Waals surface area contributed by atoms with Crippen molar-refractivity contribution >= 4 is 5.91 Å². The molecule has 1 aliphatic heterocycles. The van der Waals surface area contributed by atoms with Crippen LogP contribution in [0.25, 0.3) is 0 Å². The molecule has 0 aromatic rings. The molecule has 90 valence electrons. The van der Waals surface area contributed by atoms with Crippen LogP contribution in [-0.2, 0) is 4.79 Å². The molecular formula is C13H22N2O. The first-order chi connectivity index (χ1) is 7.49. The maximum Gasteiger partial charge on any atom is 0.240 e. The van der Waals surface area contributed by atoms with E-state index < -0.39 is 5.92 Å². The zero-order valence-corrected chi connectivity index (χ0v) is 10.7. The molecule has 0 radical (unpaired) electrons. The molecule has 3 atom stereocenters. The van der Waals surface area contributed by atoms with E-state index >= 15 is 0 Å². The molecule has 1 unspecified atom stereocenters. The molecule has 3 heteroatoms. The highest BCUT2D eigenvalue weighted by atomic mass is 16.2. The molecule has 0 aliphatic carbocycles. The number of hydrogen-bond donors (Lipinski definition) is 0. The molecule has 3 nitrogen and oxygen atoms in total. The van der Waals surface area contributed by atoms with Crippen LogP contribution in [0, 0.1) is 23.2 Å². The van der Waals surface area contributed by atoms with Crippen molar-refractivity contribution in [3.05, 3.63) is 0 Å². The standard InChI is InChI=1S/C13H22N2O/c1-9(2)12(8-14)13(16)15-10(3)6-5-7-11(15)4/h9-12H,5-7H2,1-4H3/t10-,11+,12?. The molecule has 16 heavy (non-hydrogen) atoms. The van der Waals surface area contributed by atoms with E-state index in [9.17, 15) is 4.79 Å². The normalized spacial score (nSPS) is 27.6. The van der Waals surface area contributed by atoms with Crippen molar-refractivity contribution in [2.75, 3.05) is 0 Å². The molecule has 0 aromatic carbocycles. The number of amides is 1. The first-order valence-electron chi connectivity index (χ1n) is 6.20. The number of hydrogen-bond acceptors (Lipinski definition) is 2. The summed E-state index contributed by atoms with van der Waals surface area (Å²) in [6.45, 7) is 8.04. The van der Waals surface area contributed by atoms with E-state index in [2.05, 4.69) is 19.9 Å². The average Bonchev–Trinajstić information content (AvgIpc) is 2.17. The highest BCUT2D eigenvalue weighted by molar-refractivity contribution is 5.82. The van der Waals surface area contributed by atoms with E-state index in [1.807, 2.05) is 18.7 Å². The van der Waals surface area contributed by atoms with Crippen molar-refractivity contribution in [1.82, 2.24) is 4.90 Å². The molecule has 0 spiro atoms. The molecule has 1 amide bonds. The van der Waals surface area contributed by atoms with E-state index in [1.54, 1.807) is 0 Å². The van der Waals surface area contributed by atoms with Gasteiger partial charge in [0.15, 0.2) is 0 Å². The molecule has 0 aromatic heterocycles. The van der Waals surface area contributed by atoms with Crippen LogP contribution in [0.1, 0.15) is 47.0 Å². The van der Waals surface area contributed by atoms with Crippen molar-refractivity contribution in [1.29, 1.82) is 5.26 Å². The topological polar surface area (TPSA) is 44.1 Å². The molecule has 1 rings (SSSR count). The van der Waals surface area contributed by atoms with Crippen LogP contribution >= 0.6 is 0 Å². The number of likely N-dealkylation sites (tertiary alicyclic amines) is 1. The Morgan fingerprint density at radius 1 is 1.31 bits per heavy atom. The fourth-order valence-corrected chi connectivity index (χ4v) is 2.51. The molecule has 0 saturated carbocycles. The minimum Gasteiger partial charge on any atom is -0.336 e. The molecule has 0 N–H and O–H groups in total. The van der Waals surface area contributed by atoms with Gasteiger partial charge in [-0.25, -0.2) is 0 Å². The van der Waals surface area contributed by atoms with Gasteiger partial charge in [0.2, 0.25) is 5.91 Å². The van der Waals surface area contributed by atoms with Crippen molar-refractivity contribution in [3.63, 3.8) is 0 Å². The summed E-state index contributed by atoms with van der Waals surface area (Å²) >= 11 is 0. The fourth-order valence-electron chi connectivity index (χ4n) is 2.51. The molecule has 1 saturated heterocycles. The Morgan fingerprint density at radius 2 is 1.81 bits per heavy atom. The Kier molecular flexibility index (Phi) is 4.35. The highest BCUT2D eigenvalue weighted by Gasteiger charge is 2.34. The Hall–Kier alpha value is -1.04. The monoisotopic (exact) mass is 222 g/mol. The minimum absolute atomic E-state index is 0.0252. The second-order valence-corrected chi connectivity index (χ2v) is 5.23. The van der Waals surface area contributed by atoms with Crippen LogP contribution in [0.4, 0.5) is 0 Å². The molecular weight excluding hydrogens is 200 g/mol. The predicted octanol–water partition coefficient (Wildman–Crippen LogP) is 2.57. The van der Waals surface area contributed by atoms with Crippen LogP contribution in [-0.4, -0.2) is 22.9 Å². The first kappa shape index (κ1) is 13.0. The van der Waals surface area contributed by atoms with E-state index in [1.165, 1.54) is 6.42 Å². The molecule has 1 heterocycles. The maximum atomic E-state index is 12.3. The number of rotatable bonds is 2. The number of nitrogens with zero attached hydrogens (tertiary/aromatic N) is 2. The Balaban J connectivity index is 2.82. The van der Waals surface area contributed by atoms with Gasteiger partial charge in [-0.1, -0.05) is 13.8 Å². The highest BCUT2D eigenvalue weighted by Crippen LogP contribution is 2.26. The third-order valence-electron chi connectivity index (χ3n) is 3.52. The SMILES string of the molecule is CC(C)C(C#N)C(=O)N1[C@H](C)CCC[C@@H]1C. The van der Waals surface area contributed by atoms with Crippen LogP contribution < -0.4 is 0 Å². The van der Waals surface area contributed by atoms with Crippen LogP contribution in [0.15, 0.2) is 0 Å². The van der Waals surface area contributed by atoms with Crippen LogP contribution in [0.2, 0.25) is 0 Å². The third kappa shape index (κ3) is 2.55. The second-order valence-electron chi connectivity index (χ2n) is 5.23. The number of carbonyl (C=O) groups excluding carboxylic acids is 1. The van der Waals surface area contributed by atoms with Crippen molar-refractivity contribution in [3.8, 4) is 6.07 Å². The van der Waals surface area contributed by atoms with Crippen LogP contribution in [0.3, 0.4) is 0 Å². The van der Waals surface area contributed by atoms with Gasteiger partial charge in [0.1, 0.15) is 5.92 Å². The number of carbonyl (C=O) groups is 1. The summed E-state index contributed by atoms with van der Waals surface area (Å²) in [5.74, 6) is -0.362. The summed E-state index contributed by atoms with van der Waals surface area (Å²) in [7, 11) is 0. The third-order valence-corrected chi connectivity index (χ3v) is 3.52. The maximum absolute atomic E-state index is 12.3. The number of piperidine rings is 1. The van der Waals surface area contributed by atoms with Crippen molar-refractivity contribution in [2.24, 2.45) is 11.8 Å². The van der Waals surface area contributed by atoms with Gasteiger partial charge in [0.05, 0.1) is 6.07 Å².